The predicted molar refractivity (Wildman–Crippen MR) is 81.3 cm³/mol. The summed E-state index contributed by atoms with van der Waals surface area (Å²) in [7, 11) is 0. The zero-order valence-corrected chi connectivity index (χ0v) is 12.9. The summed E-state index contributed by atoms with van der Waals surface area (Å²) < 4.78 is 10.7. The fourth-order valence-corrected chi connectivity index (χ4v) is 2.10. The van der Waals surface area contributed by atoms with Gasteiger partial charge in [-0.3, -0.25) is 4.79 Å². The van der Waals surface area contributed by atoms with Crippen molar-refractivity contribution >= 4 is 5.91 Å². The molecule has 0 aliphatic carbocycles. The van der Waals surface area contributed by atoms with Crippen molar-refractivity contribution in [2.75, 3.05) is 13.3 Å². The molecule has 1 amide bonds. The molecular weight excluding hydrogens is 268 g/mol. The van der Waals surface area contributed by atoms with Crippen molar-refractivity contribution in [1.82, 2.24) is 5.32 Å². The van der Waals surface area contributed by atoms with Crippen LogP contribution in [-0.2, 0) is 11.2 Å². The number of nitrogens with one attached hydrogen (secondary N) is 1. The van der Waals surface area contributed by atoms with Crippen LogP contribution in [0.4, 0.5) is 0 Å². The number of benzene rings is 1. The summed E-state index contributed by atoms with van der Waals surface area (Å²) in [6.07, 6.45) is 1.93. The van der Waals surface area contributed by atoms with Gasteiger partial charge in [0.2, 0.25) is 12.7 Å². The van der Waals surface area contributed by atoms with Crippen LogP contribution >= 0.6 is 0 Å². The van der Waals surface area contributed by atoms with Gasteiger partial charge in [0.05, 0.1) is 5.41 Å². The van der Waals surface area contributed by atoms with Crippen LogP contribution < -0.4 is 20.5 Å². The van der Waals surface area contributed by atoms with Crippen LogP contribution in [0.3, 0.4) is 0 Å². The number of amides is 1. The van der Waals surface area contributed by atoms with E-state index in [1.165, 1.54) is 5.56 Å². The molecule has 2 rings (SSSR count). The average molecular weight is 292 g/mol. The van der Waals surface area contributed by atoms with Gasteiger partial charge in [-0.15, -0.1) is 0 Å². The number of carbonyl (C=O) groups is 1. The maximum atomic E-state index is 11.3. The second-order valence-corrected chi connectivity index (χ2v) is 6.26. The minimum absolute atomic E-state index is 0.280. The van der Waals surface area contributed by atoms with Crippen LogP contribution in [0.15, 0.2) is 18.2 Å². The lowest BCUT2D eigenvalue weighted by Gasteiger charge is -2.24. The summed E-state index contributed by atoms with van der Waals surface area (Å²) in [6.45, 7) is 6.72. The van der Waals surface area contributed by atoms with Gasteiger partial charge in [0.1, 0.15) is 0 Å². The summed E-state index contributed by atoms with van der Waals surface area (Å²) in [5.74, 6) is 1.36. The molecule has 0 radical (unpaired) electrons. The zero-order chi connectivity index (χ0) is 15.5. The van der Waals surface area contributed by atoms with E-state index in [4.69, 9.17) is 15.2 Å². The standard InChI is InChI=1S/C16H24N2O3/c1-11(18-9-16(2,3)15(17)19)4-5-12-6-7-13-14(8-12)21-10-20-13/h6-8,11,18H,4-5,9-10H2,1-3H3,(H2,17,19). The van der Waals surface area contributed by atoms with Crippen LogP contribution in [-0.4, -0.2) is 25.3 Å². The summed E-state index contributed by atoms with van der Waals surface area (Å²) in [5.41, 5.74) is 6.07. The number of fused-ring (bicyclic) bond motifs is 1. The van der Waals surface area contributed by atoms with E-state index in [9.17, 15) is 4.79 Å². The fourth-order valence-electron chi connectivity index (χ4n) is 2.10. The van der Waals surface area contributed by atoms with E-state index < -0.39 is 5.41 Å². The van der Waals surface area contributed by atoms with Crippen molar-refractivity contribution in [2.24, 2.45) is 11.1 Å². The van der Waals surface area contributed by atoms with Crippen LogP contribution in [0.2, 0.25) is 0 Å². The smallest absolute Gasteiger partial charge is 0.231 e. The molecule has 1 aliphatic heterocycles. The molecule has 0 bridgehead atoms. The van der Waals surface area contributed by atoms with Crippen molar-refractivity contribution in [3.05, 3.63) is 23.8 Å². The van der Waals surface area contributed by atoms with E-state index in [2.05, 4.69) is 18.3 Å². The van der Waals surface area contributed by atoms with E-state index in [0.29, 0.717) is 19.4 Å². The lowest BCUT2D eigenvalue weighted by Crippen LogP contribution is -2.43. The Balaban J connectivity index is 1.79. The van der Waals surface area contributed by atoms with Crippen LogP contribution in [0.1, 0.15) is 32.8 Å². The Kier molecular flexibility index (Phi) is 4.73. The Bertz CT molecular complexity index is 514. The number of carbonyl (C=O) groups excluding carboxylic acids is 1. The molecule has 0 saturated heterocycles. The van der Waals surface area contributed by atoms with E-state index in [1.54, 1.807) is 0 Å². The van der Waals surface area contributed by atoms with Crippen LogP contribution in [0.25, 0.3) is 0 Å². The molecule has 1 unspecified atom stereocenters. The number of primary amides is 1. The molecule has 5 heteroatoms. The highest BCUT2D eigenvalue weighted by atomic mass is 16.7. The maximum absolute atomic E-state index is 11.3. The zero-order valence-electron chi connectivity index (χ0n) is 12.9. The lowest BCUT2D eigenvalue weighted by atomic mass is 9.92. The molecule has 1 aromatic rings. The summed E-state index contributed by atoms with van der Waals surface area (Å²) in [4.78, 5) is 11.3. The average Bonchev–Trinajstić information content (AvgIpc) is 2.90. The molecule has 3 N–H and O–H groups in total. The Hall–Kier alpha value is -1.75. The molecule has 0 fully saturated rings. The maximum Gasteiger partial charge on any atom is 0.231 e. The number of ether oxygens (including phenoxy) is 2. The number of nitrogens with two attached hydrogens (primary N) is 1. The highest BCUT2D eigenvalue weighted by Crippen LogP contribution is 2.32. The first-order chi connectivity index (χ1) is 9.88. The molecule has 0 spiro atoms. The number of hydrogen-bond donors (Lipinski definition) is 2. The molecule has 1 aliphatic rings. The van der Waals surface area contributed by atoms with Crippen molar-refractivity contribution in [2.45, 2.75) is 39.7 Å². The number of hydrogen-bond acceptors (Lipinski definition) is 4. The van der Waals surface area contributed by atoms with Gasteiger partial charge in [-0.1, -0.05) is 6.07 Å². The van der Waals surface area contributed by atoms with Gasteiger partial charge in [0.15, 0.2) is 11.5 Å². The minimum Gasteiger partial charge on any atom is -0.454 e. The van der Waals surface area contributed by atoms with Gasteiger partial charge < -0.3 is 20.5 Å². The van der Waals surface area contributed by atoms with E-state index in [0.717, 1.165) is 24.3 Å². The Morgan fingerprint density at radius 1 is 1.38 bits per heavy atom. The molecule has 0 aromatic heterocycles. The quantitative estimate of drug-likeness (QED) is 0.804. The topological polar surface area (TPSA) is 73.6 Å². The minimum atomic E-state index is -0.521. The highest BCUT2D eigenvalue weighted by Gasteiger charge is 2.25. The van der Waals surface area contributed by atoms with Gasteiger partial charge >= 0.3 is 0 Å². The largest absolute Gasteiger partial charge is 0.454 e. The van der Waals surface area contributed by atoms with Crippen LogP contribution in [0, 0.1) is 5.41 Å². The van der Waals surface area contributed by atoms with E-state index >= 15 is 0 Å². The summed E-state index contributed by atoms with van der Waals surface area (Å²) >= 11 is 0. The normalized spacial score (nSPS) is 15.0. The molecule has 0 saturated carbocycles. The third kappa shape index (κ3) is 4.11. The van der Waals surface area contributed by atoms with Gasteiger partial charge in [-0.05, 0) is 51.3 Å². The molecule has 1 heterocycles. The third-order valence-corrected chi connectivity index (χ3v) is 3.86. The second-order valence-electron chi connectivity index (χ2n) is 6.26. The first kappa shape index (κ1) is 15.6. The van der Waals surface area contributed by atoms with Gasteiger partial charge in [-0.25, -0.2) is 0 Å². The molecular formula is C16H24N2O3. The van der Waals surface area contributed by atoms with Crippen molar-refractivity contribution in [1.29, 1.82) is 0 Å². The van der Waals surface area contributed by atoms with Crippen molar-refractivity contribution < 1.29 is 14.3 Å². The first-order valence-corrected chi connectivity index (χ1v) is 7.30. The first-order valence-electron chi connectivity index (χ1n) is 7.30. The van der Waals surface area contributed by atoms with E-state index in [1.807, 2.05) is 26.0 Å². The summed E-state index contributed by atoms with van der Waals surface area (Å²) in [6, 6.07) is 6.36. The Morgan fingerprint density at radius 2 is 2.10 bits per heavy atom. The molecule has 21 heavy (non-hydrogen) atoms. The second kappa shape index (κ2) is 6.35. The van der Waals surface area contributed by atoms with Gasteiger partial charge in [-0.2, -0.15) is 0 Å². The van der Waals surface area contributed by atoms with E-state index in [-0.39, 0.29) is 5.91 Å². The highest BCUT2D eigenvalue weighted by molar-refractivity contribution is 5.80. The monoisotopic (exact) mass is 292 g/mol. The predicted octanol–water partition coefficient (Wildman–Crippen LogP) is 1.84. The molecule has 116 valence electrons. The fraction of sp³-hybridized carbons (Fsp3) is 0.562. The number of rotatable bonds is 7. The van der Waals surface area contributed by atoms with Gasteiger partial charge in [0, 0.05) is 12.6 Å². The SMILES string of the molecule is CC(CCc1ccc2c(c1)OCO2)NCC(C)(C)C(N)=O. The number of aryl methyl sites for hydroxylation is 1. The van der Waals surface area contributed by atoms with Crippen LogP contribution in [0.5, 0.6) is 11.5 Å². The molecule has 1 atom stereocenters. The lowest BCUT2D eigenvalue weighted by molar-refractivity contribution is -0.125. The van der Waals surface area contributed by atoms with Gasteiger partial charge in [0.25, 0.3) is 0 Å². The van der Waals surface area contributed by atoms with Crippen molar-refractivity contribution in [3.8, 4) is 11.5 Å². The Morgan fingerprint density at radius 3 is 2.81 bits per heavy atom. The van der Waals surface area contributed by atoms with Crippen molar-refractivity contribution in [3.63, 3.8) is 0 Å². The Labute approximate surface area is 125 Å². The molecule has 5 nitrogen and oxygen atoms in total. The molecule has 1 aromatic carbocycles. The summed E-state index contributed by atoms with van der Waals surface area (Å²) in [5, 5.41) is 3.37. The third-order valence-electron chi connectivity index (χ3n) is 3.86.